The van der Waals surface area contributed by atoms with Crippen LogP contribution in [0.3, 0.4) is 0 Å². The van der Waals surface area contributed by atoms with Crippen molar-refractivity contribution >= 4 is 7.32 Å². The van der Waals surface area contributed by atoms with E-state index >= 15 is 0 Å². The van der Waals surface area contributed by atoms with Gasteiger partial charge in [0, 0.05) is 0 Å². The van der Waals surface area contributed by atoms with E-state index in [0.717, 1.165) is 0 Å². The molecule has 8 heavy (non-hydrogen) atoms. The average Bonchev–Trinajstić information content (AvgIpc) is 1.61. The van der Waals surface area contributed by atoms with Gasteiger partial charge in [-0.2, -0.15) is 0 Å². The molecule has 48 valence electrons. The lowest BCUT2D eigenvalue weighted by atomic mass is 10.3. The van der Waals surface area contributed by atoms with Crippen LogP contribution in [0, 0.1) is 0 Å². The van der Waals surface area contributed by atoms with Crippen molar-refractivity contribution in [3.05, 3.63) is 0 Å². The van der Waals surface area contributed by atoms with Crippen LogP contribution in [0.1, 0.15) is 0 Å². The fourth-order valence-electron chi connectivity index (χ4n) is 0.216. The van der Waals surface area contributed by atoms with Gasteiger partial charge in [0.25, 0.3) is 0 Å². The van der Waals surface area contributed by atoms with E-state index in [-0.39, 0.29) is 6.73 Å². The monoisotopic (exact) mass is 119 g/mol. The third-order valence-electron chi connectivity index (χ3n) is 0.482. The molecule has 0 fully saturated rings. The molecule has 0 bridgehead atoms. The molecule has 0 amide bonds. The van der Waals surface area contributed by atoms with E-state index in [0.29, 0.717) is 0 Å². The Hall–Kier alpha value is -0.0951. The molecule has 0 unspecified atom stereocenters. The van der Waals surface area contributed by atoms with Gasteiger partial charge in [0.2, 0.25) is 0 Å². The molecule has 0 atom stereocenters. The Kier molecular flexibility index (Phi) is 3.81. The molecule has 0 saturated heterocycles. The highest BCUT2D eigenvalue weighted by molar-refractivity contribution is 6.32. The third kappa shape index (κ3) is 5.90. The summed E-state index contributed by atoms with van der Waals surface area (Å²) in [4.78, 5) is 1.68. The number of hydrogen-bond acceptors (Lipinski definition) is 4. The number of hydrogen-bond donors (Lipinski definition) is 2. The second kappa shape index (κ2) is 3.85. The second-order valence-corrected chi connectivity index (χ2v) is 1.70. The van der Waals surface area contributed by atoms with Crippen LogP contribution in [0.25, 0.3) is 0 Å². The van der Waals surface area contributed by atoms with Crippen molar-refractivity contribution in [2.24, 2.45) is 0 Å². The molecular weight excluding hydrogens is 109 g/mol. The molecular formula is C3H10BNO3. The summed E-state index contributed by atoms with van der Waals surface area (Å²) in [7, 11) is 1.88. The molecule has 0 rings (SSSR count). The Morgan fingerprint density at radius 3 is 2.12 bits per heavy atom. The summed E-state index contributed by atoms with van der Waals surface area (Å²) < 4.78 is 4.34. The standard InChI is InChI=1S/C3H10BNO3/c1-5(2)3-8-4(6)7/h6-7H,3H2,1-2H3. The minimum Gasteiger partial charge on any atom is -0.402 e. The predicted octanol–water partition coefficient (Wildman–Crippen LogP) is -1.51. The van der Waals surface area contributed by atoms with Gasteiger partial charge in [-0.05, 0) is 14.1 Å². The second-order valence-electron chi connectivity index (χ2n) is 1.70. The average molecular weight is 119 g/mol. The van der Waals surface area contributed by atoms with E-state index < -0.39 is 7.32 Å². The summed E-state index contributed by atoms with van der Waals surface area (Å²) >= 11 is 0. The van der Waals surface area contributed by atoms with E-state index in [9.17, 15) is 0 Å². The molecule has 5 heteroatoms. The summed E-state index contributed by atoms with van der Waals surface area (Å²) in [6, 6.07) is 0. The molecule has 0 aromatic heterocycles. The molecule has 2 N–H and O–H groups in total. The highest BCUT2D eigenvalue weighted by Crippen LogP contribution is 1.77. The van der Waals surface area contributed by atoms with Gasteiger partial charge in [-0.15, -0.1) is 0 Å². The minimum absolute atomic E-state index is 0.220. The quantitative estimate of drug-likeness (QED) is 0.350. The maximum Gasteiger partial charge on any atom is 0.634 e. The molecule has 4 nitrogen and oxygen atoms in total. The van der Waals surface area contributed by atoms with Crippen LogP contribution in [-0.2, 0) is 4.65 Å². The highest BCUT2D eigenvalue weighted by Gasteiger charge is 2.06. The largest absolute Gasteiger partial charge is 0.634 e. The van der Waals surface area contributed by atoms with E-state index in [4.69, 9.17) is 10.0 Å². The first-order chi connectivity index (χ1) is 3.63. The van der Waals surface area contributed by atoms with Gasteiger partial charge in [0.05, 0.1) is 6.73 Å². The van der Waals surface area contributed by atoms with Crippen molar-refractivity contribution < 1.29 is 14.7 Å². The van der Waals surface area contributed by atoms with Gasteiger partial charge < -0.3 is 14.7 Å². The van der Waals surface area contributed by atoms with Crippen LogP contribution in [-0.4, -0.2) is 43.1 Å². The van der Waals surface area contributed by atoms with Gasteiger partial charge in [0.1, 0.15) is 0 Å². The first kappa shape index (κ1) is 7.90. The lowest BCUT2D eigenvalue weighted by molar-refractivity contribution is 0.113. The zero-order valence-electron chi connectivity index (χ0n) is 5.03. The summed E-state index contributed by atoms with van der Waals surface area (Å²) in [5.41, 5.74) is 0. The molecule has 0 saturated carbocycles. The fourth-order valence-corrected chi connectivity index (χ4v) is 0.216. The first-order valence-electron chi connectivity index (χ1n) is 2.25. The zero-order chi connectivity index (χ0) is 6.57. The van der Waals surface area contributed by atoms with Gasteiger partial charge in [-0.1, -0.05) is 0 Å². The lowest BCUT2D eigenvalue weighted by Gasteiger charge is -2.08. The molecule has 0 aromatic rings. The third-order valence-corrected chi connectivity index (χ3v) is 0.482. The summed E-state index contributed by atoms with van der Waals surface area (Å²) in [5.74, 6) is 0. The molecule has 0 aromatic carbocycles. The summed E-state index contributed by atoms with van der Waals surface area (Å²) in [6.07, 6.45) is 0. The molecule has 0 heterocycles. The maximum absolute atomic E-state index is 8.11. The normalized spacial score (nSPS) is 10.1. The van der Waals surface area contributed by atoms with Crippen LogP contribution < -0.4 is 0 Å². The molecule has 0 aliphatic heterocycles. The Morgan fingerprint density at radius 1 is 1.50 bits per heavy atom. The SMILES string of the molecule is CN(C)COB(O)O. The molecule has 0 aliphatic rings. The maximum atomic E-state index is 8.11. The van der Waals surface area contributed by atoms with Crippen molar-refractivity contribution in [1.29, 1.82) is 0 Å². The van der Waals surface area contributed by atoms with Crippen LogP contribution >= 0.6 is 0 Å². The van der Waals surface area contributed by atoms with Gasteiger partial charge in [-0.25, -0.2) is 0 Å². The Morgan fingerprint density at radius 2 is 2.00 bits per heavy atom. The summed E-state index contributed by atoms with van der Waals surface area (Å²) in [5, 5.41) is 16.2. The molecule has 0 aliphatic carbocycles. The van der Waals surface area contributed by atoms with Crippen LogP contribution in [0.2, 0.25) is 0 Å². The zero-order valence-corrected chi connectivity index (χ0v) is 5.03. The van der Waals surface area contributed by atoms with E-state index in [1.54, 1.807) is 19.0 Å². The predicted molar refractivity (Wildman–Crippen MR) is 29.8 cm³/mol. The smallest absolute Gasteiger partial charge is 0.402 e. The van der Waals surface area contributed by atoms with Crippen molar-refractivity contribution in [3.63, 3.8) is 0 Å². The fraction of sp³-hybridized carbons (Fsp3) is 1.00. The lowest BCUT2D eigenvalue weighted by Crippen LogP contribution is -2.25. The van der Waals surface area contributed by atoms with Crippen molar-refractivity contribution in [1.82, 2.24) is 4.90 Å². The minimum atomic E-state index is -1.66. The topological polar surface area (TPSA) is 52.9 Å². The Labute approximate surface area is 48.9 Å². The van der Waals surface area contributed by atoms with Crippen molar-refractivity contribution in [2.45, 2.75) is 0 Å². The molecule has 0 spiro atoms. The van der Waals surface area contributed by atoms with Crippen LogP contribution in [0.15, 0.2) is 0 Å². The van der Waals surface area contributed by atoms with Gasteiger partial charge >= 0.3 is 7.32 Å². The number of nitrogens with zero attached hydrogens (tertiary/aromatic N) is 1. The Balaban J connectivity index is 2.93. The Bertz CT molecular complexity index is 50.5. The van der Waals surface area contributed by atoms with Crippen molar-refractivity contribution in [3.8, 4) is 0 Å². The van der Waals surface area contributed by atoms with E-state index in [1.807, 2.05) is 0 Å². The number of rotatable bonds is 3. The van der Waals surface area contributed by atoms with Gasteiger partial charge in [-0.3, -0.25) is 4.90 Å². The van der Waals surface area contributed by atoms with Crippen LogP contribution in [0.4, 0.5) is 0 Å². The summed E-state index contributed by atoms with van der Waals surface area (Å²) in [6.45, 7) is 0.220. The van der Waals surface area contributed by atoms with Gasteiger partial charge in [0.15, 0.2) is 0 Å². The molecule has 0 radical (unpaired) electrons. The highest BCUT2D eigenvalue weighted by atomic mass is 16.6. The van der Waals surface area contributed by atoms with Crippen molar-refractivity contribution in [2.75, 3.05) is 20.8 Å². The van der Waals surface area contributed by atoms with Crippen LogP contribution in [0.5, 0.6) is 0 Å². The van der Waals surface area contributed by atoms with E-state index in [2.05, 4.69) is 4.65 Å². The first-order valence-corrected chi connectivity index (χ1v) is 2.25. The van der Waals surface area contributed by atoms with E-state index in [1.165, 1.54) is 0 Å².